The number of halogens is 1. The van der Waals surface area contributed by atoms with Crippen LogP contribution in [-0.4, -0.2) is 37.4 Å². The Morgan fingerprint density at radius 3 is 2.95 bits per heavy atom. The SMILES string of the molecule is Nc1nc(Cl)c2ncn(CC3(COC[P+](=O)O)CC3)c2n1. The number of ether oxygens (including phenoxy) is 1. The van der Waals surface area contributed by atoms with Gasteiger partial charge in [-0.2, -0.15) is 14.9 Å². The molecule has 0 saturated heterocycles. The molecule has 0 spiro atoms. The van der Waals surface area contributed by atoms with Crippen molar-refractivity contribution in [3.05, 3.63) is 11.5 Å². The molecule has 1 fully saturated rings. The minimum Gasteiger partial charge on any atom is -0.368 e. The second kappa shape index (κ2) is 5.46. The molecule has 0 aromatic carbocycles. The molecule has 0 amide bonds. The molecule has 0 bridgehead atoms. The highest BCUT2D eigenvalue weighted by Gasteiger charge is 2.44. The van der Waals surface area contributed by atoms with Gasteiger partial charge in [0.1, 0.15) is 5.52 Å². The third kappa shape index (κ3) is 3.13. The Kier molecular flexibility index (Phi) is 3.79. The molecular weight excluding hydrogens is 317 g/mol. The van der Waals surface area contributed by atoms with Crippen LogP contribution in [0, 0.1) is 5.41 Å². The summed E-state index contributed by atoms with van der Waals surface area (Å²) in [6.45, 7) is 1.08. The predicted molar refractivity (Wildman–Crippen MR) is 77.1 cm³/mol. The highest BCUT2D eigenvalue weighted by atomic mass is 35.5. The number of hydrogen-bond donors (Lipinski definition) is 2. The van der Waals surface area contributed by atoms with Crippen molar-refractivity contribution in [2.45, 2.75) is 19.4 Å². The number of nitrogens with zero attached hydrogens (tertiary/aromatic N) is 4. The Labute approximate surface area is 126 Å². The van der Waals surface area contributed by atoms with Crippen LogP contribution < -0.4 is 5.73 Å². The van der Waals surface area contributed by atoms with Gasteiger partial charge in [-0.1, -0.05) is 11.6 Å². The van der Waals surface area contributed by atoms with E-state index >= 15 is 0 Å². The number of anilines is 1. The summed E-state index contributed by atoms with van der Waals surface area (Å²) >= 11 is 5.99. The van der Waals surface area contributed by atoms with Crippen LogP contribution in [0.15, 0.2) is 6.33 Å². The second-order valence-corrected chi connectivity index (χ2v) is 6.57. The molecule has 2 aromatic heterocycles. The number of fused-ring (bicyclic) bond motifs is 1. The van der Waals surface area contributed by atoms with Crippen LogP contribution in [0.4, 0.5) is 5.95 Å². The van der Waals surface area contributed by atoms with E-state index in [1.54, 1.807) is 6.33 Å². The van der Waals surface area contributed by atoms with E-state index in [9.17, 15) is 4.57 Å². The summed E-state index contributed by atoms with van der Waals surface area (Å²) in [5, 5.41) is 0.231. The molecule has 0 aliphatic heterocycles. The number of rotatable bonds is 6. The molecule has 1 aliphatic carbocycles. The molecule has 8 nitrogen and oxygen atoms in total. The van der Waals surface area contributed by atoms with Crippen molar-refractivity contribution >= 4 is 36.7 Å². The van der Waals surface area contributed by atoms with Crippen LogP contribution in [0.5, 0.6) is 0 Å². The fourth-order valence-electron chi connectivity index (χ4n) is 2.27. The summed E-state index contributed by atoms with van der Waals surface area (Å²) in [5.74, 6) is 0.104. The van der Waals surface area contributed by atoms with Gasteiger partial charge < -0.3 is 15.0 Å². The van der Waals surface area contributed by atoms with Crippen molar-refractivity contribution in [3.8, 4) is 0 Å². The lowest BCUT2D eigenvalue weighted by molar-refractivity contribution is 0.113. The van der Waals surface area contributed by atoms with Gasteiger partial charge in [-0.3, -0.25) is 0 Å². The molecule has 3 N–H and O–H groups in total. The Bertz CT molecular complexity index is 702. The highest BCUT2D eigenvalue weighted by Crippen LogP contribution is 2.48. The lowest BCUT2D eigenvalue weighted by atomic mass is 10.1. The Morgan fingerprint density at radius 2 is 2.29 bits per heavy atom. The number of nitrogens with two attached hydrogens (primary N) is 1. The van der Waals surface area contributed by atoms with E-state index in [0.29, 0.717) is 24.3 Å². The van der Waals surface area contributed by atoms with E-state index in [1.165, 1.54) is 0 Å². The topological polar surface area (TPSA) is 116 Å². The van der Waals surface area contributed by atoms with Gasteiger partial charge in [0.2, 0.25) is 5.95 Å². The minimum absolute atomic E-state index is 0.0365. The van der Waals surface area contributed by atoms with Gasteiger partial charge in [0.05, 0.1) is 12.9 Å². The molecule has 0 radical (unpaired) electrons. The average Bonchev–Trinajstić information content (AvgIpc) is 3.03. The highest BCUT2D eigenvalue weighted by molar-refractivity contribution is 7.37. The monoisotopic (exact) mass is 330 g/mol. The minimum atomic E-state index is -2.26. The molecule has 112 valence electrons. The fraction of sp³-hybridized carbons (Fsp3) is 0.545. The van der Waals surface area contributed by atoms with Gasteiger partial charge in [0.15, 0.2) is 10.8 Å². The number of aromatic nitrogens is 4. The largest absolute Gasteiger partial charge is 0.534 e. The summed E-state index contributed by atoms with van der Waals surface area (Å²) in [5.41, 5.74) is 6.68. The maximum Gasteiger partial charge on any atom is 0.534 e. The summed E-state index contributed by atoms with van der Waals surface area (Å²) < 4.78 is 17.8. The molecule has 2 aromatic rings. The van der Waals surface area contributed by atoms with Crippen LogP contribution in [0.1, 0.15) is 12.8 Å². The molecule has 1 aliphatic rings. The molecular formula is C11H14ClN5O3P+. The number of hydrogen-bond acceptors (Lipinski definition) is 6. The second-order valence-electron chi connectivity index (χ2n) is 5.25. The molecule has 1 atom stereocenters. The standard InChI is InChI=1S/C11H13ClN5O3P/c12-8-7-9(16-10(13)15-8)17(5-14-7)3-11(1-2-11)4-20-6-21(18)19/h5H,1-4,6H2,(H2-,13,15,16,18,19)/p+1. The van der Waals surface area contributed by atoms with Gasteiger partial charge >= 0.3 is 8.03 Å². The maximum absolute atomic E-state index is 10.6. The third-order valence-electron chi connectivity index (χ3n) is 3.51. The summed E-state index contributed by atoms with van der Waals surface area (Å²) in [6.07, 6.45) is 3.49. The summed E-state index contributed by atoms with van der Waals surface area (Å²) in [4.78, 5) is 21.0. The van der Waals surface area contributed by atoms with E-state index in [-0.39, 0.29) is 22.9 Å². The van der Waals surface area contributed by atoms with Crippen LogP contribution >= 0.6 is 19.6 Å². The van der Waals surface area contributed by atoms with E-state index in [0.717, 1.165) is 12.8 Å². The third-order valence-corrected chi connectivity index (χ3v) is 4.18. The summed E-state index contributed by atoms with van der Waals surface area (Å²) in [7, 11) is -2.26. The first kappa shape index (κ1) is 14.6. The van der Waals surface area contributed by atoms with Gasteiger partial charge in [-0.05, 0) is 17.4 Å². The lowest BCUT2D eigenvalue weighted by Gasteiger charge is -2.14. The number of nitrogen functional groups attached to an aromatic ring is 1. The fourth-order valence-corrected chi connectivity index (χ4v) is 2.74. The first-order chi connectivity index (χ1) is 9.99. The van der Waals surface area contributed by atoms with Crippen LogP contribution in [0.25, 0.3) is 11.2 Å². The van der Waals surface area contributed by atoms with E-state index in [4.69, 9.17) is 27.0 Å². The van der Waals surface area contributed by atoms with Crippen molar-refractivity contribution in [1.82, 2.24) is 19.5 Å². The lowest BCUT2D eigenvalue weighted by Crippen LogP contribution is -2.18. The van der Waals surface area contributed by atoms with Crippen LogP contribution in [0.2, 0.25) is 5.15 Å². The normalized spacial score (nSPS) is 17.1. The zero-order chi connectivity index (χ0) is 15.0. The first-order valence-corrected chi connectivity index (χ1v) is 8.12. The zero-order valence-electron chi connectivity index (χ0n) is 11.1. The van der Waals surface area contributed by atoms with Gasteiger partial charge in [-0.15, -0.1) is 0 Å². The Morgan fingerprint density at radius 1 is 1.52 bits per heavy atom. The maximum atomic E-state index is 10.6. The van der Waals surface area contributed by atoms with Gasteiger partial charge in [-0.25, -0.2) is 4.98 Å². The smallest absolute Gasteiger partial charge is 0.368 e. The molecule has 10 heteroatoms. The molecule has 1 unspecified atom stereocenters. The quantitative estimate of drug-likeness (QED) is 0.609. The molecule has 3 rings (SSSR count). The van der Waals surface area contributed by atoms with Crippen LogP contribution in [-0.2, 0) is 15.8 Å². The van der Waals surface area contributed by atoms with E-state index in [2.05, 4.69) is 15.0 Å². The van der Waals surface area contributed by atoms with Crippen LogP contribution in [0.3, 0.4) is 0 Å². The van der Waals surface area contributed by atoms with Gasteiger partial charge in [0.25, 0.3) is 6.35 Å². The van der Waals surface area contributed by atoms with E-state index in [1.807, 2.05) is 4.57 Å². The van der Waals surface area contributed by atoms with Gasteiger partial charge in [0, 0.05) is 12.0 Å². The predicted octanol–water partition coefficient (Wildman–Crippen LogP) is 1.55. The van der Waals surface area contributed by atoms with Crippen molar-refractivity contribution in [1.29, 1.82) is 0 Å². The zero-order valence-corrected chi connectivity index (χ0v) is 12.7. The molecule has 2 heterocycles. The molecule has 1 saturated carbocycles. The average molecular weight is 331 g/mol. The van der Waals surface area contributed by atoms with Crippen molar-refractivity contribution in [2.24, 2.45) is 5.41 Å². The first-order valence-electron chi connectivity index (χ1n) is 6.34. The Hall–Kier alpha value is -1.34. The molecule has 21 heavy (non-hydrogen) atoms. The van der Waals surface area contributed by atoms with Crippen molar-refractivity contribution in [2.75, 3.05) is 18.7 Å². The van der Waals surface area contributed by atoms with Crippen molar-refractivity contribution in [3.63, 3.8) is 0 Å². The van der Waals surface area contributed by atoms with E-state index < -0.39 is 8.03 Å². The summed E-state index contributed by atoms with van der Waals surface area (Å²) in [6, 6.07) is 0. The number of imidazole rings is 1. The van der Waals surface area contributed by atoms with Crippen molar-refractivity contribution < 1.29 is 14.2 Å². The Balaban J connectivity index is 1.77.